The van der Waals surface area contributed by atoms with Gasteiger partial charge in [-0.25, -0.2) is 4.98 Å². The number of nitrogens with one attached hydrogen (secondary N) is 4. The molecule has 4 aromatic rings. The zero-order valence-corrected chi connectivity index (χ0v) is 28.8. The van der Waals surface area contributed by atoms with E-state index in [1.807, 2.05) is 54.9 Å². The zero-order valence-electron chi connectivity index (χ0n) is 28.8. The summed E-state index contributed by atoms with van der Waals surface area (Å²) in [6.45, 7) is 5.66. The predicted molar refractivity (Wildman–Crippen MR) is 193 cm³/mol. The van der Waals surface area contributed by atoms with Gasteiger partial charge < -0.3 is 31.1 Å². The Hall–Kier alpha value is -5.24. The van der Waals surface area contributed by atoms with Crippen molar-refractivity contribution in [2.45, 2.75) is 44.6 Å². The molecule has 2 aliphatic heterocycles. The Balaban J connectivity index is 0.00000212. The van der Waals surface area contributed by atoms with Crippen molar-refractivity contribution in [2.75, 3.05) is 49.8 Å². The van der Waals surface area contributed by atoms with Crippen LogP contribution in [0, 0.1) is 5.92 Å². The number of amides is 3. The normalized spacial score (nSPS) is 15.4. The number of anilines is 4. The lowest BCUT2D eigenvalue weighted by Gasteiger charge is -2.50. The van der Waals surface area contributed by atoms with Crippen molar-refractivity contribution < 1.29 is 14.4 Å². The van der Waals surface area contributed by atoms with E-state index in [2.05, 4.69) is 41.3 Å². The average Bonchev–Trinajstić information content (AvgIpc) is 3.89. The van der Waals surface area contributed by atoms with E-state index in [0.29, 0.717) is 31.0 Å². The van der Waals surface area contributed by atoms with Crippen LogP contribution in [0.25, 0.3) is 11.1 Å². The van der Waals surface area contributed by atoms with Crippen LogP contribution in [0.3, 0.4) is 0 Å². The van der Waals surface area contributed by atoms with E-state index in [4.69, 9.17) is 20.8 Å². The fraction of sp³-hybridized carbons (Fsp3) is 0.382. The number of likely N-dealkylation sites (tertiary alicyclic amines) is 1. The average molecular weight is 671 g/mol. The smallest absolute Gasteiger partial charge is 0.273 e. The van der Waals surface area contributed by atoms with E-state index < -0.39 is 11.2 Å². The first-order valence-electron chi connectivity index (χ1n) is 16.7. The molecule has 254 valence electrons. The molecule has 7 rings (SSSR count). The number of fused-ring (bicyclic) bond motifs is 3. The number of carbonyl (C=O) groups excluding carboxylic acids is 3. The Morgan fingerprint density at radius 2 is 1.64 bits per heavy atom. The number of hydrogen-bond acceptors (Lipinski definition) is 10. The molecule has 4 radical (unpaired) electrons. The number of nitrogens with zero attached hydrogens (tertiary/aromatic N) is 7. The monoisotopic (exact) mass is 671 g/mol. The summed E-state index contributed by atoms with van der Waals surface area (Å²) in [5, 5.41) is 23.0. The van der Waals surface area contributed by atoms with Gasteiger partial charge in [0.15, 0.2) is 11.5 Å². The van der Waals surface area contributed by atoms with Gasteiger partial charge in [0.1, 0.15) is 5.69 Å². The van der Waals surface area contributed by atoms with Crippen LogP contribution >= 0.6 is 0 Å². The van der Waals surface area contributed by atoms with E-state index in [1.54, 1.807) is 31.3 Å². The Morgan fingerprint density at radius 1 is 0.920 bits per heavy atom. The maximum atomic E-state index is 12.7. The van der Waals surface area contributed by atoms with E-state index in [9.17, 15) is 14.4 Å². The van der Waals surface area contributed by atoms with Gasteiger partial charge in [-0.15, -0.1) is 10.2 Å². The topological polar surface area (TPSA) is 162 Å². The van der Waals surface area contributed by atoms with Gasteiger partial charge in [0, 0.05) is 63.0 Å². The minimum atomic E-state index is -1.37. The van der Waals surface area contributed by atoms with Crippen molar-refractivity contribution in [3.63, 3.8) is 0 Å². The third-order valence-electron chi connectivity index (χ3n) is 9.05. The standard InChI is InChI=1S/C32H33B2N11O3.C2H6/c1-35-30(47)22-8-5-9-25(39-22)32(33,34)44-14-18(15-44)45-24-16-43(3)28-19(20(24)13-37-45)6-4-7-21(28)38-23-12-26(40-29(46)17-10-11-17)41-42-27(23)31(48)36-2;1-2/h4-9,12-13,17-18H,10-11,14-16H2,1-3H3,(H,35,47)(H,36,48)(H2,38,40,41,46);1-2H3. The van der Waals surface area contributed by atoms with Gasteiger partial charge >= 0.3 is 0 Å². The van der Waals surface area contributed by atoms with Crippen molar-refractivity contribution in [3.8, 4) is 11.1 Å². The van der Waals surface area contributed by atoms with Crippen LogP contribution in [0.5, 0.6) is 0 Å². The molecule has 3 aliphatic rings. The Morgan fingerprint density at radius 3 is 2.34 bits per heavy atom. The molecule has 1 saturated carbocycles. The van der Waals surface area contributed by atoms with Gasteiger partial charge in [-0.05, 0) is 36.4 Å². The molecule has 5 heterocycles. The lowest BCUT2D eigenvalue weighted by Crippen LogP contribution is -2.60. The number of pyridine rings is 1. The molecule has 3 aromatic heterocycles. The Kier molecular flexibility index (Phi) is 9.65. The van der Waals surface area contributed by atoms with Gasteiger partial charge in [0.25, 0.3) is 11.8 Å². The molecular weight excluding hydrogens is 632 g/mol. The highest BCUT2D eigenvalue weighted by atomic mass is 16.2. The number of benzene rings is 1. The van der Waals surface area contributed by atoms with Crippen LogP contribution in [0.4, 0.5) is 22.9 Å². The minimum Gasteiger partial charge on any atom is -0.366 e. The molecule has 3 amide bonds. The highest BCUT2D eigenvalue weighted by molar-refractivity contribution is 6.39. The van der Waals surface area contributed by atoms with E-state index >= 15 is 0 Å². The quantitative estimate of drug-likeness (QED) is 0.195. The van der Waals surface area contributed by atoms with Gasteiger partial charge in [-0.2, -0.15) is 5.10 Å². The third-order valence-corrected chi connectivity index (χ3v) is 9.05. The second-order valence-electron chi connectivity index (χ2n) is 12.3. The van der Waals surface area contributed by atoms with Crippen LogP contribution in [-0.4, -0.2) is 97.5 Å². The zero-order chi connectivity index (χ0) is 35.7. The number of aromatic nitrogens is 5. The van der Waals surface area contributed by atoms with Crippen LogP contribution in [0.2, 0.25) is 0 Å². The lowest BCUT2D eigenvalue weighted by molar-refractivity contribution is -0.117. The Bertz CT molecular complexity index is 1940. The van der Waals surface area contributed by atoms with E-state index in [0.717, 1.165) is 41.0 Å². The molecule has 0 unspecified atom stereocenters. The maximum Gasteiger partial charge on any atom is 0.273 e. The number of hydrogen-bond donors (Lipinski definition) is 4. The van der Waals surface area contributed by atoms with Gasteiger partial charge in [-0.3, -0.25) is 19.1 Å². The van der Waals surface area contributed by atoms with Crippen molar-refractivity contribution in [2.24, 2.45) is 5.92 Å². The van der Waals surface area contributed by atoms with Gasteiger partial charge in [0.2, 0.25) is 5.91 Å². The summed E-state index contributed by atoms with van der Waals surface area (Å²) in [4.78, 5) is 45.7. The second-order valence-corrected chi connectivity index (χ2v) is 12.3. The molecule has 1 aromatic carbocycles. The molecule has 16 heteroatoms. The lowest BCUT2D eigenvalue weighted by atomic mass is 9.57. The largest absolute Gasteiger partial charge is 0.366 e. The van der Waals surface area contributed by atoms with Crippen molar-refractivity contribution in [1.29, 1.82) is 0 Å². The van der Waals surface area contributed by atoms with Gasteiger partial charge in [-0.1, -0.05) is 32.0 Å². The van der Waals surface area contributed by atoms with Crippen LogP contribution < -0.4 is 26.2 Å². The van der Waals surface area contributed by atoms with Crippen LogP contribution in [0.1, 0.15) is 65.1 Å². The molecule has 14 nitrogen and oxygen atoms in total. The number of rotatable bonds is 9. The summed E-state index contributed by atoms with van der Waals surface area (Å²) in [7, 11) is 18.2. The first kappa shape index (κ1) is 34.6. The first-order valence-corrected chi connectivity index (χ1v) is 16.7. The summed E-state index contributed by atoms with van der Waals surface area (Å²) in [5.41, 5.74) is 5.86. The SMILES string of the molecule is CC.[B]C([B])(c1cccc(C(=O)NC)n1)N1CC(n2ncc3c2CN(C)c2c(Nc4cc(NC(=O)C5CC5)nnc4C(=O)NC)cccc2-3)C1. The Labute approximate surface area is 293 Å². The van der Waals surface area contributed by atoms with E-state index in [-0.39, 0.29) is 41.0 Å². The fourth-order valence-corrected chi connectivity index (χ4v) is 6.20. The molecule has 1 saturated heterocycles. The maximum absolute atomic E-state index is 12.7. The molecule has 4 N–H and O–H groups in total. The van der Waals surface area contributed by atoms with E-state index in [1.165, 1.54) is 7.05 Å². The fourth-order valence-electron chi connectivity index (χ4n) is 6.20. The summed E-state index contributed by atoms with van der Waals surface area (Å²) < 4.78 is 2.03. The molecule has 2 fully saturated rings. The van der Waals surface area contributed by atoms with Crippen molar-refractivity contribution >= 4 is 56.3 Å². The third kappa shape index (κ3) is 6.42. The van der Waals surface area contributed by atoms with Crippen LogP contribution in [-0.2, 0) is 16.7 Å². The van der Waals surface area contributed by atoms with Crippen LogP contribution in [0.15, 0.2) is 48.7 Å². The van der Waals surface area contributed by atoms with Gasteiger partial charge in [0.05, 0.1) is 57.2 Å². The summed E-state index contributed by atoms with van der Waals surface area (Å²) in [5.74, 6) is -0.560. The van der Waals surface area contributed by atoms with Crippen molar-refractivity contribution in [3.05, 3.63) is 71.4 Å². The second kappa shape index (κ2) is 13.9. The molecule has 0 bridgehead atoms. The highest BCUT2D eigenvalue weighted by Gasteiger charge is 2.41. The summed E-state index contributed by atoms with van der Waals surface area (Å²) in [6, 6.07) is 12.6. The minimum absolute atomic E-state index is 0.00718. The summed E-state index contributed by atoms with van der Waals surface area (Å²) >= 11 is 0. The molecule has 1 aliphatic carbocycles. The predicted octanol–water partition coefficient (Wildman–Crippen LogP) is 2.53. The number of para-hydroxylation sites is 1. The first-order chi connectivity index (χ1) is 24.1. The highest BCUT2D eigenvalue weighted by Crippen LogP contribution is 2.45. The molecule has 0 spiro atoms. The molecule has 0 atom stereocenters. The number of carbonyl (C=O) groups is 3. The summed E-state index contributed by atoms with van der Waals surface area (Å²) in [6.07, 6.45) is 3.58. The molecular formula is C34H39B2N11O3. The molecule has 50 heavy (non-hydrogen) atoms. The van der Waals surface area contributed by atoms with Crippen molar-refractivity contribution in [1.82, 2.24) is 40.5 Å².